The fraction of sp³-hybridized carbons (Fsp3) is 0.190. The van der Waals surface area contributed by atoms with Gasteiger partial charge in [-0.3, -0.25) is 14.6 Å². The van der Waals surface area contributed by atoms with Crippen molar-refractivity contribution in [3.63, 3.8) is 0 Å². The molecule has 3 aromatic rings. The number of carbonyl (C=O) groups is 1. The van der Waals surface area contributed by atoms with E-state index in [1.165, 1.54) is 27.7 Å². The van der Waals surface area contributed by atoms with Gasteiger partial charge < -0.3 is 9.47 Å². The highest BCUT2D eigenvalue weighted by Crippen LogP contribution is 2.39. The number of aryl methyl sites for hydroxylation is 1. The zero-order chi connectivity index (χ0) is 19.8. The highest BCUT2D eigenvalue weighted by molar-refractivity contribution is 6.30. The summed E-state index contributed by atoms with van der Waals surface area (Å²) in [5.74, 6) is -0.465. The molecule has 0 aliphatic carbocycles. The lowest BCUT2D eigenvalue weighted by Crippen LogP contribution is -2.31. The maximum absolute atomic E-state index is 14.8. The third-order valence-corrected chi connectivity index (χ3v) is 5.14. The standard InChI is InChI=1S/C21H17ClFN3O2/c1-25-18(27)6-3-14-2-5-17(23)20(21(14)25)15-8-13(9-24-10-15)11-26-12-16(22)4-7-19(26)28/h2,4-5,7-10,12H,3,6,11H2,1H3. The van der Waals surface area contributed by atoms with E-state index < -0.39 is 5.82 Å². The summed E-state index contributed by atoms with van der Waals surface area (Å²) >= 11 is 5.98. The fourth-order valence-electron chi connectivity index (χ4n) is 3.54. The van der Waals surface area contributed by atoms with Crippen LogP contribution in [-0.2, 0) is 17.8 Å². The first kappa shape index (κ1) is 18.4. The summed E-state index contributed by atoms with van der Waals surface area (Å²) in [4.78, 5) is 29.9. The normalized spacial score (nSPS) is 13.5. The number of pyridine rings is 2. The lowest BCUT2D eigenvalue weighted by Gasteiger charge is -2.28. The van der Waals surface area contributed by atoms with E-state index in [9.17, 15) is 14.0 Å². The van der Waals surface area contributed by atoms with E-state index in [4.69, 9.17) is 11.6 Å². The molecule has 1 aliphatic heterocycles. The first-order chi connectivity index (χ1) is 13.4. The molecule has 5 nitrogen and oxygen atoms in total. The van der Waals surface area contributed by atoms with Gasteiger partial charge in [0.1, 0.15) is 5.82 Å². The molecule has 0 saturated heterocycles. The van der Waals surface area contributed by atoms with E-state index in [2.05, 4.69) is 4.98 Å². The minimum absolute atomic E-state index is 0.0473. The summed E-state index contributed by atoms with van der Waals surface area (Å²) < 4.78 is 16.3. The number of amides is 1. The van der Waals surface area contributed by atoms with Gasteiger partial charge in [-0.1, -0.05) is 17.7 Å². The summed E-state index contributed by atoms with van der Waals surface area (Å²) in [6, 6.07) is 7.86. The van der Waals surface area contributed by atoms with Gasteiger partial charge in [0.25, 0.3) is 5.56 Å². The van der Waals surface area contributed by atoms with Crippen molar-refractivity contribution >= 4 is 23.2 Å². The Bertz CT molecular complexity index is 1140. The van der Waals surface area contributed by atoms with Crippen molar-refractivity contribution < 1.29 is 9.18 Å². The van der Waals surface area contributed by atoms with Gasteiger partial charge in [-0.2, -0.15) is 0 Å². The number of fused-ring (bicyclic) bond motifs is 1. The van der Waals surface area contributed by atoms with Gasteiger partial charge in [0.05, 0.1) is 17.3 Å². The van der Waals surface area contributed by atoms with Crippen molar-refractivity contribution in [2.24, 2.45) is 0 Å². The number of rotatable bonds is 3. The summed E-state index contributed by atoms with van der Waals surface area (Å²) in [5.41, 5.74) is 2.95. The number of benzene rings is 1. The van der Waals surface area contributed by atoms with Gasteiger partial charge in [0, 0.05) is 49.3 Å². The van der Waals surface area contributed by atoms with E-state index in [1.54, 1.807) is 37.8 Å². The number of nitrogens with zero attached hydrogens (tertiary/aromatic N) is 3. The minimum Gasteiger partial charge on any atom is -0.314 e. The summed E-state index contributed by atoms with van der Waals surface area (Å²) in [5, 5.41) is 0.451. The van der Waals surface area contributed by atoms with Crippen molar-refractivity contribution in [1.82, 2.24) is 9.55 Å². The van der Waals surface area contributed by atoms with Crippen LogP contribution in [-0.4, -0.2) is 22.5 Å². The van der Waals surface area contributed by atoms with Crippen LogP contribution in [0.1, 0.15) is 17.5 Å². The lowest BCUT2D eigenvalue weighted by molar-refractivity contribution is -0.118. The molecule has 0 atom stereocenters. The highest BCUT2D eigenvalue weighted by atomic mass is 35.5. The van der Waals surface area contributed by atoms with Gasteiger partial charge in [-0.25, -0.2) is 4.39 Å². The van der Waals surface area contributed by atoms with Crippen molar-refractivity contribution in [2.45, 2.75) is 19.4 Å². The van der Waals surface area contributed by atoms with E-state index in [1.807, 2.05) is 0 Å². The molecule has 1 amide bonds. The predicted octanol–water partition coefficient (Wildman–Crippen LogP) is 3.66. The van der Waals surface area contributed by atoms with Crippen LogP contribution in [0.2, 0.25) is 5.02 Å². The second-order valence-corrected chi connectivity index (χ2v) is 7.21. The molecular formula is C21H17ClFN3O2. The molecule has 0 saturated carbocycles. The summed E-state index contributed by atoms with van der Waals surface area (Å²) in [6.45, 7) is 0.256. The molecule has 0 spiro atoms. The van der Waals surface area contributed by atoms with E-state index in [0.29, 0.717) is 34.7 Å². The molecule has 28 heavy (non-hydrogen) atoms. The number of carbonyl (C=O) groups excluding carboxylic acids is 1. The van der Waals surface area contributed by atoms with Gasteiger partial charge in [-0.15, -0.1) is 0 Å². The number of hydrogen-bond donors (Lipinski definition) is 0. The van der Waals surface area contributed by atoms with Crippen LogP contribution >= 0.6 is 11.6 Å². The number of hydrogen-bond acceptors (Lipinski definition) is 3. The average molecular weight is 398 g/mol. The quantitative estimate of drug-likeness (QED) is 0.677. The number of anilines is 1. The molecular weight excluding hydrogens is 381 g/mol. The zero-order valence-corrected chi connectivity index (χ0v) is 15.9. The van der Waals surface area contributed by atoms with Crippen LogP contribution in [0.5, 0.6) is 0 Å². The van der Waals surface area contributed by atoms with E-state index >= 15 is 0 Å². The molecule has 0 fully saturated rings. The van der Waals surface area contributed by atoms with Crippen LogP contribution in [0.15, 0.2) is 53.7 Å². The maximum Gasteiger partial charge on any atom is 0.250 e. The van der Waals surface area contributed by atoms with Gasteiger partial charge >= 0.3 is 0 Å². The van der Waals surface area contributed by atoms with Crippen LogP contribution in [0.4, 0.5) is 10.1 Å². The molecule has 4 rings (SSSR count). The maximum atomic E-state index is 14.8. The third-order valence-electron chi connectivity index (χ3n) is 4.91. The molecule has 2 aromatic heterocycles. The summed E-state index contributed by atoms with van der Waals surface area (Å²) in [7, 11) is 1.66. The number of halogens is 2. The largest absolute Gasteiger partial charge is 0.314 e. The first-order valence-electron chi connectivity index (χ1n) is 8.82. The molecule has 0 bridgehead atoms. The SMILES string of the molecule is CN1C(=O)CCc2ccc(F)c(-c3cncc(Cn4cc(Cl)ccc4=O)c3)c21. The van der Waals surface area contributed by atoms with Crippen LogP contribution < -0.4 is 10.5 Å². The Morgan fingerprint density at radius 2 is 1.96 bits per heavy atom. The second kappa shape index (κ2) is 7.20. The van der Waals surface area contributed by atoms with E-state index in [0.717, 1.165) is 11.1 Å². The van der Waals surface area contributed by atoms with Crippen molar-refractivity contribution in [3.05, 3.63) is 81.2 Å². The van der Waals surface area contributed by atoms with Crippen molar-refractivity contribution in [1.29, 1.82) is 0 Å². The Morgan fingerprint density at radius 3 is 2.79 bits per heavy atom. The summed E-state index contributed by atoms with van der Waals surface area (Å²) in [6.07, 6.45) is 5.73. The molecule has 142 valence electrons. The molecule has 1 aromatic carbocycles. The average Bonchev–Trinajstić information content (AvgIpc) is 2.68. The van der Waals surface area contributed by atoms with E-state index in [-0.39, 0.29) is 18.0 Å². The topological polar surface area (TPSA) is 55.2 Å². The fourth-order valence-corrected chi connectivity index (χ4v) is 3.72. The van der Waals surface area contributed by atoms with Crippen LogP contribution in [0.25, 0.3) is 11.1 Å². The Morgan fingerprint density at radius 1 is 1.14 bits per heavy atom. The van der Waals surface area contributed by atoms with Gasteiger partial charge in [0.2, 0.25) is 5.91 Å². The number of aromatic nitrogens is 2. The molecule has 0 radical (unpaired) electrons. The Labute approximate surface area is 166 Å². The first-order valence-corrected chi connectivity index (χ1v) is 9.20. The van der Waals surface area contributed by atoms with Crippen LogP contribution in [0.3, 0.4) is 0 Å². The Balaban J connectivity index is 1.80. The molecule has 3 heterocycles. The van der Waals surface area contributed by atoms with Gasteiger partial charge in [-0.05, 0) is 35.7 Å². The molecule has 7 heteroatoms. The minimum atomic E-state index is -0.417. The van der Waals surface area contributed by atoms with Crippen molar-refractivity contribution in [2.75, 3.05) is 11.9 Å². The predicted molar refractivity (Wildman–Crippen MR) is 106 cm³/mol. The van der Waals surface area contributed by atoms with Gasteiger partial charge in [0.15, 0.2) is 0 Å². The zero-order valence-electron chi connectivity index (χ0n) is 15.2. The monoisotopic (exact) mass is 397 g/mol. The third kappa shape index (κ3) is 3.31. The smallest absolute Gasteiger partial charge is 0.250 e. The molecule has 0 N–H and O–H groups in total. The molecule has 1 aliphatic rings. The highest BCUT2D eigenvalue weighted by Gasteiger charge is 2.26. The van der Waals surface area contributed by atoms with Crippen LogP contribution in [0, 0.1) is 5.82 Å². The Hall–Kier alpha value is -2.99. The lowest BCUT2D eigenvalue weighted by atomic mass is 9.93. The molecule has 0 unspecified atom stereocenters. The Kier molecular flexibility index (Phi) is 4.73. The second-order valence-electron chi connectivity index (χ2n) is 6.78. The van der Waals surface area contributed by atoms with Crippen molar-refractivity contribution in [3.8, 4) is 11.1 Å².